The molecular formula is C13H27N. The Morgan fingerprint density at radius 3 is 2.07 bits per heavy atom. The van der Waals surface area contributed by atoms with Gasteiger partial charge in [-0.25, -0.2) is 0 Å². The van der Waals surface area contributed by atoms with Crippen LogP contribution in [0.1, 0.15) is 52.4 Å². The summed E-state index contributed by atoms with van der Waals surface area (Å²) in [6.07, 6.45) is 8.84. The molecule has 1 N–H and O–H groups in total. The molecule has 0 aromatic heterocycles. The van der Waals surface area contributed by atoms with E-state index < -0.39 is 0 Å². The Hall–Kier alpha value is -0.0400. The Morgan fingerprint density at radius 1 is 1.07 bits per heavy atom. The van der Waals surface area contributed by atoms with Crippen molar-refractivity contribution in [1.82, 2.24) is 5.32 Å². The second-order valence-electron chi connectivity index (χ2n) is 5.22. The highest BCUT2D eigenvalue weighted by Crippen LogP contribution is 2.32. The fraction of sp³-hybridized carbons (Fsp3) is 1.00. The molecule has 1 rings (SSSR count). The molecule has 1 aliphatic rings. The maximum atomic E-state index is 3.37. The van der Waals surface area contributed by atoms with E-state index >= 15 is 0 Å². The number of rotatable bonds is 4. The van der Waals surface area contributed by atoms with Gasteiger partial charge in [0.25, 0.3) is 0 Å². The Balaban J connectivity index is 2.46. The molecule has 0 aromatic carbocycles. The molecule has 0 bridgehead atoms. The molecule has 0 amide bonds. The molecule has 1 heteroatoms. The van der Waals surface area contributed by atoms with Crippen molar-refractivity contribution in [1.29, 1.82) is 0 Å². The predicted molar refractivity (Wildman–Crippen MR) is 63.4 cm³/mol. The fourth-order valence-electron chi connectivity index (χ4n) is 2.92. The standard InChI is InChI=1S/C13H27N/c1-11(2)13(10-14-3)12-8-6-4-5-7-9-12/h11-14H,4-10H2,1-3H3. The van der Waals surface area contributed by atoms with Gasteiger partial charge in [-0.1, -0.05) is 52.4 Å². The van der Waals surface area contributed by atoms with E-state index in [1.807, 2.05) is 0 Å². The summed E-state index contributed by atoms with van der Waals surface area (Å²) in [5.41, 5.74) is 0. The zero-order chi connectivity index (χ0) is 10.4. The second kappa shape index (κ2) is 6.44. The van der Waals surface area contributed by atoms with E-state index in [1.54, 1.807) is 0 Å². The van der Waals surface area contributed by atoms with Gasteiger partial charge in [-0.15, -0.1) is 0 Å². The van der Waals surface area contributed by atoms with Gasteiger partial charge in [0.05, 0.1) is 0 Å². The van der Waals surface area contributed by atoms with Gasteiger partial charge in [-0.2, -0.15) is 0 Å². The average Bonchev–Trinajstić information content (AvgIpc) is 2.41. The average molecular weight is 197 g/mol. The predicted octanol–water partition coefficient (Wildman–Crippen LogP) is 3.45. The quantitative estimate of drug-likeness (QED) is 0.681. The summed E-state index contributed by atoms with van der Waals surface area (Å²) in [5, 5.41) is 3.37. The molecular weight excluding hydrogens is 170 g/mol. The van der Waals surface area contributed by atoms with Crippen LogP contribution >= 0.6 is 0 Å². The minimum absolute atomic E-state index is 0.838. The molecule has 0 saturated heterocycles. The maximum absolute atomic E-state index is 3.37. The van der Waals surface area contributed by atoms with E-state index in [1.165, 1.54) is 45.1 Å². The van der Waals surface area contributed by atoms with E-state index in [-0.39, 0.29) is 0 Å². The lowest BCUT2D eigenvalue weighted by Gasteiger charge is -2.29. The molecule has 1 nitrogen and oxygen atoms in total. The first-order valence-electron chi connectivity index (χ1n) is 6.40. The molecule has 1 aliphatic carbocycles. The third kappa shape index (κ3) is 3.61. The van der Waals surface area contributed by atoms with Crippen LogP contribution in [0.5, 0.6) is 0 Å². The Kier molecular flexibility index (Phi) is 5.54. The summed E-state index contributed by atoms with van der Waals surface area (Å²) in [5.74, 6) is 2.73. The number of hydrogen-bond acceptors (Lipinski definition) is 1. The monoisotopic (exact) mass is 197 g/mol. The van der Waals surface area contributed by atoms with Crippen LogP contribution in [0.2, 0.25) is 0 Å². The minimum atomic E-state index is 0.838. The molecule has 1 unspecified atom stereocenters. The zero-order valence-corrected chi connectivity index (χ0v) is 10.2. The Labute approximate surface area is 89.7 Å². The maximum Gasteiger partial charge on any atom is -0.00184 e. The highest BCUT2D eigenvalue weighted by atomic mass is 14.8. The topological polar surface area (TPSA) is 12.0 Å². The summed E-state index contributed by atoms with van der Waals surface area (Å²) in [4.78, 5) is 0. The van der Waals surface area contributed by atoms with Crippen LogP contribution < -0.4 is 5.32 Å². The minimum Gasteiger partial charge on any atom is -0.319 e. The highest BCUT2D eigenvalue weighted by Gasteiger charge is 2.24. The van der Waals surface area contributed by atoms with Crippen LogP contribution in [-0.2, 0) is 0 Å². The highest BCUT2D eigenvalue weighted by molar-refractivity contribution is 4.76. The van der Waals surface area contributed by atoms with Gasteiger partial charge in [0.2, 0.25) is 0 Å². The van der Waals surface area contributed by atoms with Gasteiger partial charge in [-0.3, -0.25) is 0 Å². The molecule has 1 saturated carbocycles. The van der Waals surface area contributed by atoms with Gasteiger partial charge >= 0.3 is 0 Å². The first-order valence-corrected chi connectivity index (χ1v) is 6.40. The Morgan fingerprint density at radius 2 is 1.64 bits per heavy atom. The van der Waals surface area contributed by atoms with Gasteiger partial charge in [0.15, 0.2) is 0 Å². The van der Waals surface area contributed by atoms with Crippen molar-refractivity contribution in [2.45, 2.75) is 52.4 Å². The van der Waals surface area contributed by atoms with E-state index in [9.17, 15) is 0 Å². The van der Waals surface area contributed by atoms with Crippen molar-refractivity contribution < 1.29 is 0 Å². The molecule has 0 aromatic rings. The molecule has 0 heterocycles. The van der Waals surface area contributed by atoms with Crippen molar-refractivity contribution in [2.75, 3.05) is 13.6 Å². The fourth-order valence-corrected chi connectivity index (χ4v) is 2.92. The van der Waals surface area contributed by atoms with Gasteiger partial charge in [0.1, 0.15) is 0 Å². The lowest BCUT2D eigenvalue weighted by Crippen LogP contribution is -2.29. The van der Waals surface area contributed by atoms with E-state index in [0.717, 1.165) is 17.8 Å². The van der Waals surface area contributed by atoms with E-state index in [0.29, 0.717) is 0 Å². The lowest BCUT2D eigenvalue weighted by molar-refractivity contribution is 0.226. The van der Waals surface area contributed by atoms with Crippen LogP contribution in [0.3, 0.4) is 0 Å². The summed E-state index contributed by atoms with van der Waals surface area (Å²) < 4.78 is 0. The summed E-state index contributed by atoms with van der Waals surface area (Å²) in [6, 6.07) is 0. The van der Waals surface area contributed by atoms with Crippen LogP contribution in [0.4, 0.5) is 0 Å². The molecule has 14 heavy (non-hydrogen) atoms. The summed E-state index contributed by atoms with van der Waals surface area (Å²) in [6.45, 7) is 5.97. The van der Waals surface area contributed by atoms with Gasteiger partial charge < -0.3 is 5.32 Å². The SMILES string of the molecule is CNCC(C(C)C)C1CCCCCC1. The van der Waals surface area contributed by atoms with Crippen LogP contribution in [0.15, 0.2) is 0 Å². The van der Waals surface area contributed by atoms with Crippen LogP contribution in [0, 0.1) is 17.8 Å². The third-order valence-corrected chi connectivity index (χ3v) is 3.80. The number of nitrogens with one attached hydrogen (secondary N) is 1. The number of hydrogen-bond donors (Lipinski definition) is 1. The van der Waals surface area contributed by atoms with Crippen LogP contribution in [-0.4, -0.2) is 13.6 Å². The van der Waals surface area contributed by atoms with Crippen molar-refractivity contribution in [2.24, 2.45) is 17.8 Å². The first-order chi connectivity index (χ1) is 6.75. The molecule has 84 valence electrons. The molecule has 1 atom stereocenters. The Bertz CT molecular complexity index is 134. The third-order valence-electron chi connectivity index (χ3n) is 3.80. The van der Waals surface area contributed by atoms with Crippen molar-refractivity contribution in [3.05, 3.63) is 0 Å². The zero-order valence-electron chi connectivity index (χ0n) is 10.2. The van der Waals surface area contributed by atoms with E-state index in [4.69, 9.17) is 0 Å². The lowest BCUT2D eigenvalue weighted by atomic mass is 9.79. The van der Waals surface area contributed by atoms with Gasteiger partial charge in [0, 0.05) is 0 Å². The normalized spacial score (nSPS) is 22.3. The second-order valence-corrected chi connectivity index (χ2v) is 5.22. The van der Waals surface area contributed by atoms with Crippen molar-refractivity contribution in [3.8, 4) is 0 Å². The molecule has 0 spiro atoms. The van der Waals surface area contributed by atoms with Crippen molar-refractivity contribution >= 4 is 0 Å². The smallest absolute Gasteiger partial charge is 0.00184 e. The van der Waals surface area contributed by atoms with Crippen LogP contribution in [0.25, 0.3) is 0 Å². The van der Waals surface area contributed by atoms with Gasteiger partial charge in [-0.05, 0) is 31.3 Å². The molecule has 0 aliphatic heterocycles. The van der Waals surface area contributed by atoms with E-state index in [2.05, 4.69) is 26.2 Å². The molecule has 0 radical (unpaired) electrons. The summed E-state index contributed by atoms with van der Waals surface area (Å²) in [7, 11) is 2.09. The summed E-state index contributed by atoms with van der Waals surface area (Å²) >= 11 is 0. The molecule has 1 fully saturated rings. The largest absolute Gasteiger partial charge is 0.319 e. The first kappa shape index (κ1) is 12.0. The van der Waals surface area contributed by atoms with Crippen molar-refractivity contribution in [3.63, 3.8) is 0 Å².